The van der Waals surface area contributed by atoms with Crippen molar-refractivity contribution in [3.05, 3.63) is 58.5 Å². The van der Waals surface area contributed by atoms with E-state index in [4.69, 9.17) is 0 Å². The summed E-state index contributed by atoms with van der Waals surface area (Å²) in [6.45, 7) is 5.78. The Kier molecular flexibility index (Phi) is 6.01. The first-order chi connectivity index (χ1) is 12.6. The average molecular weight is 355 g/mol. The summed E-state index contributed by atoms with van der Waals surface area (Å²) in [6.07, 6.45) is 0.457. The number of nitrogens with zero attached hydrogens (tertiary/aromatic N) is 3. The Morgan fingerprint density at radius 1 is 1.15 bits per heavy atom. The average Bonchev–Trinajstić information content (AvgIpc) is 2.69. The summed E-state index contributed by atoms with van der Waals surface area (Å²) in [7, 11) is 0. The fourth-order valence-corrected chi connectivity index (χ4v) is 3.11. The molecule has 0 bridgehead atoms. The van der Waals surface area contributed by atoms with Crippen LogP contribution >= 0.6 is 0 Å². The summed E-state index contributed by atoms with van der Waals surface area (Å²) in [4.78, 5) is 27.7. The van der Waals surface area contributed by atoms with Crippen molar-refractivity contribution in [1.82, 2.24) is 20.4 Å². The Balaban J connectivity index is 1.40. The number of carbonyl (C=O) groups excluding carboxylic acids is 1. The molecule has 0 unspecified atom stereocenters. The molecule has 7 heteroatoms. The lowest BCUT2D eigenvalue weighted by atomic mass is 10.2. The molecule has 0 saturated carbocycles. The van der Waals surface area contributed by atoms with Crippen molar-refractivity contribution in [2.45, 2.75) is 19.4 Å². The number of nitrogens with one attached hydrogen (secondary N) is 2. The van der Waals surface area contributed by atoms with Crippen molar-refractivity contribution in [1.29, 1.82) is 0 Å². The van der Waals surface area contributed by atoms with Crippen molar-refractivity contribution < 1.29 is 4.79 Å². The van der Waals surface area contributed by atoms with E-state index >= 15 is 0 Å². The largest absolute Gasteiger partial charge is 0.368 e. The molecular weight excluding hydrogens is 330 g/mol. The van der Waals surface area contributed by atoms with Gasteiger partial charge in [0.15, 0.2) is 0 Å². The van der Waals surface area contributed by atoms with Crippen molar-refractivity contribution in [2.24, 2.45) is 0 Å². The first-order valence-corrected chi connectivity index (χ1v) is 9.00. The van der Waals surface area contributed by atoms with Gasteiger partial charge in [0.2, 0.25) is 5.91 Å². The lowest BCUT2D eigenvalue weighted by Gasteiger charge is -2.36. The number of anilines is 1. The van der Waals surface area contributed by atoms with Gasteiger partial charge in [0.05, 0.1) is 5.69 Å². The van der Waals surface area contributed by atoms with Gasteiger partial charge < -0.3 is 15.1 Å². The molecule has 1 saturated heterocycles. The minimum absolute atomic E-state index is 0.0189. The van der Waals surface area contributed by atoms with E-state index in [2.05, 4.69) is 32.5 Å². The number of H-pyrrole nitrogens is 1. The van der Waals surface area contributed by atoms with Gasteiger partial charge in [-0.05, 0) is 25.1 Å². The number of rotatable bonds is 6. The molecule has 0 spiro atoms. The minimum Gasteiger partial charge on any atom is -0.368 e. The number of carbonyl (C=O) groups is 1. The van der Waals surface area contributed by atoms with Gasteiger partial charge in [0.1, 0.15) is 0 Å². The zero-order valence-electron chi connectivity index (χ0n) is 15.0. The molecule has 1 fully saturated rings. The van der Waals surface area contributed by atoms with Crippen LogP contribution in [0.4, 0.5) is 5.69 Å². The SMILES string of the molecule is C[C@@H](NCCC(=O)N1CCN(c2ccccc2)CC1)c1ccc(=O)[nH]n1. The maximum Gasteiger partial charge on any atom is 0.264 e. The highest BCUT2D eigenvalue weighted by Gasteiger charge is 2.21. The lowest BCUT2D eigenvalue weighted by Crippen LogP contribution is -2.49. The first kappa shape index (κ1) is 18.1. The van der Waals surface area contributed by atoms with E-state index < -0.39 is 0 Å². The van der Waals surface area contributed by atoms with Crippen molar-refractivity contribution >= 4 is 11.6 Å². The molecule has 1 aromatic heterocycles. The van der Waals surface area contributed by atoms with Crippen molar-refractivity contribution in [3.63, 3.8) is 0 Å². The van der Waals surface area contributed by atoms with Crippen molar-refractivity contribution in [3.8, 4) is 0 Å². The number of benzene rings is 1. The second kappa shape index (κ2) is 8.62. The van der Waals surface area contributed by atoms with Crippen LogP contribution in [0.5, 0.6) is 0 Å². The molecule has 1 aliphatic heterocycles. The molecular formula is C19H25N5O2. The van der Waals surface area contributed by atoms with E-state index in [1.54, 1.807) is 6.07 Å². The van der Waals surface area contributed by atoms with Gasteiger partial charge >= 0.3 is 0 Å². The van der Waals surface area contributed by atoms with Crippen LogP contribution in [-0.4, -0.2) is 53.7 Å². The summed E-state index contributed by atoms with van der Waals surface area (Å²) in [5.74, 6) is 0.173. The van der Waals surface area contributed by atoms with Crippen LogP contribution < -0.4 is 15.8 Å². The fourth-order valence-electron chi connectivity index (χ4n) is 3.11. The Morgan fingerprint density at radius 3 is 2.54 bits per heavy atom. The predicted molar refractivity (Wildman–Crippen MR) is 101 cm³/mol. The summed E-state index contributed by atoms with van der Waals surface area (Å²) >= 11 is 0. The van der Waals surface area contributed by atoms with E-state index in [1.165, 1.54) is 11.8 Å². The summed E-state index contributed by atoms with van der Waals surface area (Å²) in [5, 5.41) is 9.71. The number of amides is 1. The molecule has 1 atom stereocenters. The molecule has 2 aromatic rings. The second-order valence-corrected chi connectivity index (χ2v) is 6.48. The highest BCUT2D eigenvalue weighted by atomic mass is 16.2. The summed E-state index contributed by atoms with van der Waals surface area (Å²) in [6, 6.07) is 13.4. The van der Waals surface area contributed by atoms with E-state index in [1.807, 2.05) is 30.0 Å². The topological polar surface area (TPSA) is 81.3 Å². The third kappa shape index (κ3) is 4.70. The lowest BCUT2D eigenvalue weighted by molar-refractivity contribution is -0.131. The van der Waals surface area contributed by atoms with Crippen LogP contribution in [0.15, 0.2) is 47.3 Å². The first-order valence-electron chi connectivity index (χ1n) is 9.00. The van der Waals surface area contributed by atoms with E-state index in [0.29, 0.717) is 13.0 Å². The molecule has 1 amide bonds. The molecule has 7 nitrogen and oxygen atoms in total. The zero-order chi connectivity index (χ0) is 18.4. The zero-order valence-corrected chi connectivity index (χ0v) is 15.0. The molecule has 3 rings (SSSR count). The molecule has 138 valence electrons. The standard InChI is InChI=1S/C19H25N5O2/c1-15(17-7-8-18(25)22-21-17)20-10-9-19(26)24-13-11-23(12-14-24)16-5-3-2-4-6-16/h2-8,15,20H,9-14H2,1H3,(H,22,25)/t15-/m1/s1. The van der Waals surface area contributed by atoms with Crippen molar-refractivity contribution in [2.75, 3.05) is 37.6 Å². The minimum atomic E-state index is -0.217. The third-order valence-corrected chi connectivity index (χ3v) is 4.69. The normalized spacial score (nSPS) is 15.7. The number of piperazine rings is 1. The number of hydrogen-bond acceptors (Lipinski definition) is 5. The Morgan fingerprint density at radius 2 is 1.88 bits per heavy atom. The molecule has 1 aliphatic rings. The van der Waals surface area contributed by atoms with Gasteiger partial charge in [0, 0.05) is 56.9 Å². The van der Waals surface area contributed by atoms with Crippen LogP contribution in [0, 0.1) is 0 Å². The maximum absolute atomic E-state index is 12.4. The van der Waals surface area contributed by atoms with E-state index in [9.17, 15) is 9.59 Å². The monoisotopic (exact) mass is 355 g/mol. The molecule has 0 aliphatic carbocycles. The van der Waals surface area contributed by atoms with Gasteiger partial charge in [-0.3, -0.25) is 9.59 Å². The van der Waals surface area contributed by atoms with E-state index in [-0.39, 0.29) is 17.5 Å². The molecule has 1 aromatic carbocycles. The van der Waals surface area contributed by atoms with Gasteiger partial charge in [-0.1, -0.05) is 18.2 Å². The molecule has 2 heterocycles. The third-order valence-electron chi connectivity index (χ3n) is 4.69. The molecule has 26 heavy (non-hydrogen) atoms. The second-order valence-electron chi connectivity index (χ2n) is 6.48. The van der Waals surface area contributed by atoms with Gasteiger partial charge in [0.25, 0.3) is 5.56 Å². The van der Waals surface area contributed by atoms with Crippen LogP contribution in [-0.2, 0) is 4.79 Å². The quantitative estimate of drug-likeness (QED) is 0.813. The molecule has 2 N–H and O–H groups in total. The van der Waals surface area contributed by atoms with Crippen LogP contribution in [0.3, 0.4) is 0 Å². The number of aromatic amines is 1. The Hall–Kier alpha value is -2.67. The Bertz CT molecular complexity index is 749. The summed E-state index contributed by atoms with van der Waals surface area (Å²) in [5.41, 5.74) is 1.75. The fraction of sp³-hybridized carbons (Fsp3) is 0.421. The predicted octanol–water partition coefficient (Wildman–Crippen LogP) is 1.16. The highest BCUT2D eigenvalue weighted by Crippen LogP contribution is 2.16. The van der Waals surface area contributed by atoms with Crippen LogP contribution in [0.1, 0.15) is 25.1 Å². The summed E-state index contributed by atoms with van der Waals surface area (Å²) < 4.78 is 0. The van der Waals surface area contributed by atoms with E-state index in [0.717, 1.165) is 31.9 Å². The van der Waals surface area contributed by atoms with Crippen LogP contribution in [0.2, 0.25) is 0 Å². The highest BCUT2D eigenvalue weighted by molar-refractivity contribution is 5.76. The van der Waals surface area contributed by atoms with Crippen LogP contribution in [0.25, 0.3) is 0 Å². The maximum atomic E-state index is 12.4. The number of aromatic nitrogens is 2. The van der Waals surface area contributed by atoms with Gasteiger partial charge in [-0.15, -0.1) is 0 Å². The van der Waals surface area contributed by atoms with Gasteiger partial charge in [-0.2, -0.15) is 5.10 Å². The molecule has 0 radical (unpaired) electrons. The van der Waals surface area contributed by atoms with Gasteiger partial charge in [-0.25, -0.2) is 5.10 Å². The Labute approximate surface area is 153 Å². The number of para-hydroxylation sites is 1. The smallest absolute Gasteiger partial charge is 0.264 e. The number of hydrogen-bond donors (Lipinski definition) is 2.